The molecule has 2 fully saturated rings. The lowest BCUT2D eigenvalue weighted by atomic mass is 10.0. The SMILES string of the molecule is CC(C)(C)OC(=O)N1CCC(NC(=O)[C@@H]2C[C@H](S(=O)(=O)O)CN2C(=O)OCc2ccccc2)CC1. The van der Waals surface area contributed by atoms with Crippen LogP contribution in [0.4, 0.5) is 9.59 Å². The van der Waals surface area contributed by atoms with E-state index in [1.165, 1.54) is 0 Å². The summed E-state index contributed by atoms with van der Waals surface area (Å²) in [4.78, 5) is 40.6. The summed E-state index contributed by atoms with van der Waals surface area (Å²) in [7, 11) is -4.45. The second-order valence-corrected chi connectivity index (χ2v) is 11.5. The molecule has 3 rings (SSSR count). The molecule has 11 nitrogen and oxygen atoms in total. The first-order valence-electron chi connectivity index (χ1n) is 11.6. The molecule has 2 atom stereocenters. The van der Waals surface area contributed by atoms with Crippen molar-refractivity contribution >= 4 is 28.2 Å². The van der Waals surface area contributed by atoms with E-state index < -0.39 is 45.1 Å². The molecule has 0 spiro atoms. The van der Waals surface area contributed by atoms with Gasteiger partial charge in [0.2, 0.25) is 5.91 Å². The van der Waals surface area contributed by atoms with Crippen LogP contribution in [0.15, 0.2) is 30.3 Å². The Morgan fingerprint density at radius 2 is 1.71 bits per heavy atom. The maximum absolute atomic E-state index is 13.0. The predicted octanol–water partition coefficient (Wildman–Crippen LogP) is 2.17. The number of nitrogens with zero attached hydrogens (tertiary/aromatic N) is 2. The molecule has 0 aromatic heterocycles. The third-order valence-electron chi connectivity index (χ3n) is 5.92. The van der Waals surface area contributed by atoms with E-state index in [4.69, 9.17) is 9.47 Å². The van der Waals surface area contributed by atoms with Gasteiger partial charge in [-0.3, -0.25) is 14.2 Å². The molecule has 2 saturated heterocycles. The number of hydrogen-bond acceptors (Lipinski definition) is 7. The molecule has 12 heteroatoms. The molecular weight excluding hydrogens is 478 g/mol. The lowest BCUT2D eigenvalue weighted by molar-refractivity contribution is -0.126. The van der Waals surface area contributed by atoms with Crippen molar-refractivity contribution in [2.24, 2.45) is 0 Å². The number of hydrogen-bond donors (Lipinski definition) is 2. The molecule has 0 radical (unpaired) electrons. The van der Waals surface area contributed by atoms with E-state index in [9.17, 15) is 27.4 Å². The molecule has 2 heterocycles. The van der Waals surface area contributed by atoms with Crippen LogP contribution in [0.5, 0.6) is 0 Å². The van der Waals surface area contributed by atoms with E-state index in [-0.39, 0.29) is 25.6 Å². The fourth-order valence-electron chi connectivity index (χ4n) is 4.10. The van der Waals surface area contributed by atoms with Crippen LogP contribution in [0.1, 0.15) is 45.6 Å². The van der Waals surface area contributed by atoms with Crippen LogP contribution in [0.25, 0.3) is 0 Å². The van der Waals surface area contributed by atoms with Gasteiger partial charge in [-0.05, 0) is 45.6 Å². The van der Waals surface area contributed by atoms with Crippen LogP contribution >= 0.6 is 0 Å². The topological polar surface area (TPSA) is 143 Å². The van der Waals surface area contributed by atoms with Crippen LogP contribution in [-0.4, -0.2) is 83.4 Å². The molecule has 2 aliphatic rings. The highest BCUT2D eigenvalue weighted by atomic mass is 32.2. The van der Waals surface area contributed by atoms with Gasteiger partial charge in [0, 0.05) is 25.7 Å². The largest absolute Gasteiger partial charge is 0.445 e. The Kier molecular flexibility index (Phi) is 8.26. The van der Waals surface area contributed by atoms with Crippen LogP contribution < -0.4 is 5.32 Å². The highest BCUT2D eigenvalue weighted by molar-refractivity contribution is 7.86. The van der Waals surface area contributed by atoms with Crippen molar-refractivity contribution < 1.29 is 36.8 Å². The number of carbonyl (C=O) groups excluding carboxylic acids is 3. The van der Waals surface area contributed by atoms with Gasteiger partial charge >= 0.3 is 12.2 Å². The first-order valence-corrected chi connectivity index (χ1v) is 13.1. The van der Waals surface area contributed by atoms with E-state index in [0.717, 1.165) is 10.5 Å². The van der Waals surface area contributed by atoms with Crippen molar-refractivity contribution in [1.29, 1.82) is 0 Å². The number of nitrogens with one attached hydrogen (secondary N) is 1. The predicted molar refractivity (Wildman–Crippen MR) is 126 cm³/mol. The molecule has 194 valence electrons. The van der Waals surface area contributed by atoms with Crippen molar-refractivity contribution in [3.63, 3.8) is 0 Å². The van der Waals surface area contributed by atoms with E-state index in [1.807, 2.05) is 6.07 Å². The average Bonchev–Trinajstić information content (AvgIpc) is 3.24. The number of likely N-dealkylation sites (tertiary alicyclic amines) is 2. The molecule has 2 N–H and O–H groups in total. The number of rotatable bonds is 5. The van der Waals surface area contributed by atoms with Gasteiger partial charge in [-0.25, -0.2) is 9.59 Å². The van der Waals surface area contributed by atoms with E-state index >= 15 is 0 Å². The second-order valence-electron chi connectivity index (χ2n) is 9.83. The third-order valence-corrected chi connectivity index (χ3v) is 7.10. The number of carbonyl (C=O) groups is 3. The minimum Gasteiger partial charge on any atom is -0.445 e. The van der Waals surface area contributed by atoms with Crippen molar-refractivity contribution in [2.45, 2.75) is 69.6 Å². The van der Waals surface area contributed by atoms with Crippen molar-refractivity contribution in [2.75, 3.05) is 19.6 Å². The fourth-order valence-corrected chi connectivity index (χ4v) is 4.87. The Balaban J connectivity index is 1.59. The van der Waals surface area contributed by atoms with Gasteiger partial charge in [0.05, 0.1) is 0 Å². The first-order chi connectivity index (χ1) is 16.3. The molecule has 0 aliphatic carbocycles. The van der Waals surface area contributed by atoms with Gasteiger partial charge in [-0.2, -0.15) is 8.42 Å². The van der Waals surface area contributed by atoms with Gasteiger partial charge in [-0.15, -0.1) is 0 Å². The van der Waals surface area contributed by atoms with Crippen molar-refractivity contribution in [1.82, 2.24) is 15.1 Å². The minimum absolute atomic E-state index is 0.0375. The van der Waals surface area contributed by atoms with Crippen molar-refractivity contribution in [3.05, 3.63) is 35.9 Å². The van der Waals surface area contributed by atoms with Crippen LogP contribution in [-0.2, 0) is 31.0 Å². The van der Waals surface area contributed by atoms with Crippen molar-refractivity contribution in [3.8, 4) is 0 Å². The quantitative estimate of drug-likeness (QED) is 0.573. The Morgan fingerprint density at radius 3 is 2.29 bits per heavy atom. The summed E-state index contributed by atoms with van der Waals surface area (Å²) in [5.41, 5.74) is 0.136. The number of ether oxygens (including phenoxy) is 2. The maximum Gasteiger partial charge on any atom is 0.410 e. The standard InChI is InChI=1S/C23H33N3O8S/c1-23(2,3)34-21(28)25-11-9-17(10-12-25)24-20(27)19-13-18(35(30,31)32)14-26(19)22(29)33-15-16-7-5-4-6-8-16/h4-8,17-19H,9-15H2,1-3H3,(H,24,27)(H,30,31,32)/t18-,19-/m0/s1. The first kappa shape index (κ1) is 26.7. The zero-order valence-electron chi connectivity index (χ0n) is 20.2. The number of piperidine rings is 1. The van der Waals surface area contributed by atoms with Gasteiger partial charge < -0.3 is 19.7 Å². The smallest absolute Gasteiger partial charge is 0.410 e. The highest BCUT2D eigenvalue weighted by Gasteiger charge is 2.45. The van der Waals surface area contributed by atoms with E-state index in [0.29, 0.717) is 25.9 Å². The second kappa shape index (κ2) is 10.8. The number of amides is 3. The summed E-state index contributed by atoms with van der Waals surface area (Å²) in [6.07, 6.45) is -0.515. The van der Waals surface area contributed by atoms with Crippen LogP contribution in [0.3, 0.4) is 0 Å². The molecule has 1 aromatic rings. The van der Waals surface area contributed by atoms with Crippen LogP contribution in [0.2, 0.25) is 0 Å². The molecule has 1 aromatic carbocycles. The molecule has 0 saturated carbocycles. The van der Waals surface area contributed by atoms with E-state index in [2.05, 4.69) is 5.32 Å². The van der Waals surface area contributed by atoms with Gasteiger partial charge in [0.1, 0.15) is 23.5 Å². The molecule has 2 aliphatic heterocycles. The summed E-state index contributed by atoms with van der Waals surface area (Å²) < 4.78 is 43.7. The zero-order chi connectivity index (χ0) is 25.8. The van der Waals surface area contributed by atoms with Gasteiger partial charge in [0.15, 0.2) is 0 Å². The van der Waals surface area contributed by atoms with E-state index in [1.54, 1.807) is 49.9 Å². The van der Waals surface area contributed by atoms with Crippen LogP contribution in [0, 0.1) is 0 Å². The molecule has 3 amide bonds. The summed E-state index contributed by atoms with van der Waals surface area (Å²) in [5, 5.41) is 1.57. The normalized spacial score (nSPS) is 21.5. The summed E-state index contributed by atoms with van der Waals surface area (Å²) in [5.74, 6) is -0.525. The Morgan fingerprint density at radius 1 is 1.09 bits per heavy atom. The highest BCUT2D eigenvalue weighted by Crippen LogP contribution is 2.25. The lowest BCUT2D eigenvalue weighted by Crippen LogP contribution is -2.52. The maximum atomic E-state index is 13.0. The molecular formula is C23H33N3O8S. The molecule has 35 heavy (non-hydrogen) atoms. The monoisotopic (exact) mass is 511 g/mol. The zero-order valence-corrected chi connectivity index (χ0v) is 21.0. The summed E-state index contributed by atoms with van der Waals surface area (Å²) in [6, 6.07) is 7.58. The Hall–Kier alpha value is -2.86. The minimum atomic E-state index is -4.45. The van der Waals surface area contributed by atoms with Gasteiger partial charge in [-0.1, -0.05) is 30.3 Å². The molecule has 0 unspecified atom stereocenters. The van der Waals surface area contributed by atoms with Gasteiger partial charge in [0.25, 0.3) is 10.1 Å². The Labute approximate surface area is 205 Å². The lowest BCUT2D eigenvalue weighted by Gasteiger charge is -2.34. The molecule has 0 bridgehead atoms. The average molecular weight is 512 g/mol. The summed E-state index contributed by atoms with van der Waals surface area (Å²) in [6.45, 7) is 5.76. The Bertz CT molecular complexity index is 1020. The fraction of sp³-hybridized carbons (Fsp3) is 0.609. The summed E-state index contributed by atoms with van der Waals surface area (Å²) >= 11 is 0. The number of benzene rings is 1. The third kappa shape index (κ3) is 7.56.